The molecule has 0 amide bonds. The van der Waals surface area contributed by atoms with Crippen LogP contribution < -0.4 is 4.90 Å². The van der Waals surface area contributed by atoms with Gasteiger partial charge in [0.15, 0.2) is 11.5 Å². The van der Waals surface area contributed by atoms with E-state index in [0.717, 1.165) is 34.6 Å². The van der Waals surface area contributed by atoms with E-state index in [2.05, 4.69) is 104 Å². The molecule has 0 fully saturated rings. The summed E-state index contributed by atoms with van der Waals surface area (Å²) in [5.41, 5.74) is 6.85. The molecule has 4 aromatic carbocycles. The van der Waals surface area contributed by atoms with Gasteiger partial charge in [-0.3, -0.25) is 14.4 Å². The first-order chi connectivity index (χ1) is 25.9. The number of ether oxygens (including phenoxy) is 1. The van der Waals surface area contributed by atoms with E-state index in [4.69, 9.17) is 17.4 Å². The number of Topliss-reactive ketones (excluding diaryl/α,β-unsaturated/α-hetero) is 1. The van der Waals surface area contributed by atoms with Gasteiger partial charge in [-0.05, 0) is 85.4 Å². The van der Waals surface area contributed by atoms with Gasteiger partial charge in [0, 0.05) is 71.5 Å². The molecule has 7 rings (SSSR count). The standard InChI is InChI=1S/C46H48N2O5S/c1-6-53-40(51)20-12-14-26-48-36-24-22-30-16-8-10-18-32(30)42(36)46(4,5)38(48)28-34-43(52)33(44(34)54)27-37-45(2,3)41-31-17-9-7-15-29(31)21-23-35(41)47(37)25-13-11-19-39(49)50/h7-10,15-18,21-24,27-28H,6,11-14,19-20,25-26H2,1-5H3,(H-,49,50,52,54). The summed E-state index contributed by atoms with van der Waals surface area (Å²) in [6.07, 6.45) is 7.23. The molecule has 8 heteroatoms. The molecule has 0 saturated carbocycles. The number of benzene rings is 4. The molecule has 0 saturated heterocycles. The highest BCUT2D eigenvalue weighted by Crippen LogP contribution is 2.52. The molecule has 2 heterocycles. The van der Waals surface area contributed by atoms with Gasteiger partial charge in [0.2, 0.25) is 5.69 Å². The highest BCUT2D eigenvalue weighted by atomic mass is 32.1. The van der Waals surface area contributed by atoms with Crippen LogP contribution in [0, 0.1) is 0 Å². The first kappa shape index (κ1) is 37.2. The summed E-state index contributed by atoms with van der Waals surface area (Å²) >= 11 is 6.08. The number of carboxylic acid groups (broad SMARTS) is 1. The van der Waals surface area contributed by atoms with Gasteiger partial charge in [-0.25, -0.2) is 0 Å². The van der Waals surface area contributed by atoms with Crippen molar-refractivity contribution in [1.82, 2.24) is 0 Å². The van der Waals surface area contributed by atoms with Gasteiger partial charge in [0.1, 0.15) is 6.54 Å². The topological polar surface area (TPSA) is 86.9 Å². The molecular formula is C46H48N2O5S. The quantitative estimate of drug-likeness (QED) is 0.0481. The average molecular weight is 741 g/mol. The largest absolute Gasteiger partial charge is 0.778 e. The molecule has 2 aliphatic heterocycles. The molecule has 54 heavy (non-hydrogen) atoms. The van der Waals surface area contributed by atoms with E-state index in [1.54, 1.807) is 0 Å². The fourth-order valence-corrected chi connectivity index (χ4v) is 9.06. The smallest absolute Gasteiger partial charge is 0.305 e. The van der Waals surface area contributed by atoms with E-state index in [-0.39, 0.29) is 18.2 Å². The number of carboxylic acids is 1. The Labute approximate surface area is 323 Å². The van der Waals surface area contributed by atoms with Crippen LogP contribution in [-0.2, 0) is 42.6 Å². The van der Waals surface area contributed by atoms with Crippen molar-refractivity contribution in [3.63, 3.8) is 0 Å². The lowest BCUT2D eigenvalue weighted by Crippen LogP contribution is -2.32. The zero-order valence-corrected chi connectivity index (χ0v) is 32.6. The maximum Gasteiger partial charge on any atom is 0.305 e. The van der Waals surface area contributed by atoms with Crippen LogP contribution >= 0.6 is 0 Å². The molecule has 0 aromatic heterocycles. The van der Waals surface area contributed by atoms with Crippen molar-refractivity contribution in [3.05, 3.63) is 118 Å². The van der Waals surface area contributed by atoms with E-state index in [1.807, 2.05) is 25.1 Å². The SMILES string of the molecule is CCOC(=O)CCCC[N+]1=C(/C=C2\C(=O)C(/C=C3/N(CCCCC(=O)O)c4ccc5ccccc5c4C3(C)C)=C2[S-])C(C)(C)c2c1ccc1ccccc21. The Bertz CT molecular complexity index is 2340. The minimum atomic E-state index is -0.797. The number of hydrogen-bond acceptors (Lipinski definition) is 6. The van der Waals surface area contributed by atoms with E-state index in [1.165, 1.54) is 27.3 Å². The lowest BCUT2D eigenvalue weighted by molar-refractivity contribution is -0.438. The molecule has 4 aromatic rings. The van der Waals surface area contributed by atoms with Crippen LogP contribution in [-0.4, -0.2) is 52.8 Å². The van der Waals surface area contributed by atoms with Crippen molar-refractivity contribution in [2.75, 3.05) is 24.6 Å². The Morgan fingerprint density at radius 3 is 2.13 bits per heavy atom. The normalized spacial score (nSPS) is 18.5. The molecule has 278 valence electrons. The van der Waals surface area contributed by atoms with E-state index in [9.17, 15) is 19.5 Å². The van der Waals surface area contributed by atoms with Crippen molar-refractivity contribution in [2.24, 2.45) is 0 Å². The fraction of sp³-hybridized carbons (Fsp3) is 0.348. The zero-order chi connectivity index (χ0) is 38.4. The molecule has 1 N–H and O–H groups in total. The van der Waals surface area contributed by atoms with Crippen LogP contribution in [0.1, 0.15) is 84.3 Å². The van der Waals surface area contributed by atoms with E-state index in [0.29, 0.717) is 61.4 Å². The van der Waals surface area contributed by atoms with E-state index >= 15 is 0 Å². The number of aliphatic carboxylic acids is 1. The van der Waals surface area contributed by atoms with Gasteiger partial charge >= 0.3 is 11.9 Å². The summed E-state index contributed by atoms with van der Waals surface area (Å²) in [6.45, 7) is 12.3. The number of rotatable bonds is 13. The third kappa shape index (κ3) is 6.44. The number of hydrogen-bond donors (Lipinski definition) is 1. The number of esters is 1. The monoisotopic (exact) mass is 740 g/mol. The van der Waals surface area contributed by atoms with Gasteiger partial charge in [0.05, 0.1) is 12.0 Å². The molecule has 0 bridgehead atoms. The Morgan fingerprint density at radius 2 is 1.46 bits per heavy atom. The zero-order valence-electron chi connectivity index (χ0n) is 31.8. The Morgan fingerprint density at radius 1 is 0.815 bits per heavy atom. The van der Waals surface area contributed by atoms with Gasteiger partial charge in [-0.1, -0.05) is 68.4 Å². The predicted molar refractivity (Wildman–Crippen MR) is 219 cm³/mol. The number of unbranched alkanes of at least 4 members (excludes halogenated alkanes) is 2. The molecule has 0 radical (unpaired) electrons. The summed E-state index contributed by atoms with van der Waals surface area (Å²) < 4.78 is 7.48. The lowest BCUT2D eigenvalue weighted by atomic mass is 9.76. The first-order valence-corrected chi connectivity index (χ1v) is 19.5. The third-order valence-corrected chi connectivity index (χ3v) is 11.8. The van der Waals surface area contributed by atoms with Crippen LogP contribution in [0.3, 0.4) is 0 Å². The number of carbonyl (C=O) groups is 3. The summed E-state index contributed by atoms with van der Waals surface area (Å²) in [5, 5.41) is 14.0. The molecule has 7 nitrogen and oxygen atoms in total. The molecule has 3 aliphatic rings. The summed E-state index contributed by atoms with van der Waals surface area (Å²) in [6, 6.07) is 25.4. The van der Waals surface area contributed by atoms with Crippen LogP contribution in [0.25, 0.3) is 21.5 Å². The van der Waals surface area contributed by atoms with Crippen LogP contribution in [0.4, 0.5) is 11.4 Å². The minimum Gasteiger partial charge on any atom is -0.778 e. The molecule has 1 aliphatic carbocycles. The summed E-state index contributed by atoms with van der Waals surface area (Å²) in [4.78, 5) is 40.5. The number of anilines is 1. The predicted octanol–water partition coefficient (Wildman–Crippen LogP) is 9.35. The minimum absolute atomic E-state index is 0.0682. The van der Waals surface area contributed by atoms with Crippen LogP contribution in [0.2, 0.25) is 0 Å². The summed E-state index contributed by atoms with van der Waals surface area (Å²) in [7, 11) is 0. The number of nitrogens with zero attached hydrogens (tertiary/aromatic N) is 2. The number of allylic oxidation sites excluding steroid dienone is 5. The molecule has 0 unspecified atom stereocenters. The van der Waals surface area contributed by atoms with Crippen molar-refractivity contribution in [1.29, 1.82) is 0 Å². The second kappa shape index (κ2) is 14.6. The second-order valence-corrected chi connectivity index (χ2v) is 16.0. The maximum absolute atomic E-state index is 14.3. The molecule has 0 spiro atoms. The maximum atomic E-state index is 14.3. The lowest BCUT2D eigenvalue weighted by Gasteiger charge is -2.33. The van der Waals surface area contributed by atoms with E-state index < -0.39 is 16.8 Å². The summed E-state index contributed by atoms with van der Waals surface area (Å²) in [5.74, 6) is -1.05. The highest BCUT2D eigenvalue weighted by Gasteiger charge is 2.47. The first-order valence-electron chi connectivity index (χ1n) is 19.1. The Balaban J connectivity index is 1.28. The van der Waals surface area contributed by atoms with Crippen LogP contribution in [0.15, 0.2) is 107 Å². The van der Waals surface area contributed by atoms with Gasteiger partial charge in [-0.15, -0.1) is 0 Å². The number of carbonyl (C=O) groups excluding carboxylic acids is 2. The fourth-order valence-electron chi connectivity index (χ4n) is 8.76. The van der Waals surface area contributed by atoms with Crippen LogP contribution in [0.5, 0.6) is 0 Å². The third-order valence-electron chi connectivity index (χ3n) is 11.4. The van der Waals surface area contributed by atoms with Gasteiger partial charge < -0.3 is 27.4 Å². The Hall–Kier alpha value is -5.08. The van der Waals surface area contributed by atoms with Crippen molar-refractivity contribution >= 4 is 69.0 Å². The highest BCUT2D eigenvalue weighted by molar-refractivity contribution is 7.64. The molecular weight excluding hydrogens is 693 g/mol. The van der Waals surface area contributed by atoms with Crippen molar-refractivity contribution in [3.8, 4) is 0 Å². The van der Waals surface area contributed by atoms with Crippen molar-refractivity contribution < 1.29 is 28.8 Å². The molecule has 0 atom stereocenters. The average Bonchev–Trinajstić information content (AvgIpc) is 3.50. The van der Waals surface area contributed by atoms with Crippen molar-refractivity contribution in [2.45, 2.75) is 84.0 Å². The van der Waals surface area contributed by atoms with Gasteiger partial charge in [-0.2, -0.15) is 9.48 Å². The van der Waals surface area contributed by atoms with Gasteiger partial charge in [0.25, 0.3) is 0 Å². The Kier molecular flexibility index (Phi) is 10.1. The second-order valence-electron chi connectivity index (χ2n) is 15.6. The number of ketones is 1. The number of fused-ring (bicyclic) bond motifs is 6.